The van der Waals surface area contributed by atoms with Gasteiger partial charge in [0.2, 0.25) is 0 Å². The summed E-state index contributed by atoms with van der Waals surface area (Å²) in [5, 5.41) is 9.62. The Balaban J connectivity index is 2.23. The summed E-state index contributed by atoms with van der Waals surface area (Å²) < 4.78 is 27.9. The second-order valence-corrected chi connectivity index (χ2v) is 8.33. The average Bonchev–Trinajstić information content (AvgIpc) is 2.69. The summed E-state index contributed by atoms with van der Waals surface area (Å²) in [6.07, 6.45) is 0. The number of nitrogens with zero attached hydrogens (tertiary/aromatic N) is 1. The number of hydrogen-bond donors (Lipinski definition) is 1. The van der Waals surface area contributed by atoms with Crippen molar-refractivity contribution in [3.8, 4) is 11.1 Å². The van der Waals surface area contributed by atoms with Crippen LogP contribution in [0.5, 0.6) is 0 Å². The molecule has 0 aliphatic rings. The first-order chi connectivity index (χ1) is 13.3. The number of benzene rings is 3. The molecule has 0 saturated heterocycles. The molecule has 0 unspecified atom stereocenters. The third kappa shape index (κ3) is 3.77. The molecule has 0 aliphatic carbocycles. The first-order valence-corrected chi connectivity index (χ1v) is 10.2. The fourth-order valence-electron chi connectivity index (χ4n) is 3.00. The third-order valence-corrected chi connectivity index (χ3v) is 6.41. The van der Waals surface area contributed by atoms with E-state index in [0.29, 0.717) is 11.3 Å². The van der Waals surface area contributed by atoms with E-state index in [0.717, 1.165) is 15.4 Å². The largest absolute Gasteiger partial charge is 0.480 e. The molecule has 0 radical (unpaired) electrons. The van der Waals surface area contributed by atoms with Crippen molar-refractivity contribution in [2.24, 2.45) is 0 Å². The van der Waals surface area contributed by atoms with E-state index in [1.807, 2.05) is 37.3 Å². The molecule has 1 atom stereocenters. The molecule has 0 spiro atoms. The number of carboxylic acid groups (broad SMARTS) is 1. The molecular weight excluding hydrogens is 374 g/mol. The molecule has 0 aliphatic heterocycles. The highest BCUT2D eigenvalue weighted by Gasteiger charge is 2.34. The van der Waals surface area contributed by atoms with Crippen LogP contribution in [0.15, 0.2) is 83.8 Å². The zero-order valence-corrected chi connectivity index (χ0v) is 16.4. The Kier molecular flexibility index (Phi) is 5.51. The monoisotopic (exact) mass is 395 g/mol. The Bertz CT molecular complexity index is 1080. The van der Waals surface area contributed by atoms with Gasteiger partial charge < -0.3 is 5.11 Å². The van der Waals surface area contributed by atoms with E-state index in [2.05, 4.69) is 0 Å². The smallest absolute Gasteiger partial charge is 0.327 e. The second-order valence-electron chi connectivity index (χ2n) is 6.51. The van der Waals surface area contributed by atoms with Crippen LogP contribution in [0.3, 0.4) is 0 Å². The van der Waals surface area contributed by atoms with Crippen LogP contribution in [0.25, 0.3) is 11.1 Å². The highest BCUT2D eigenvalue weighted by molar-refractivity contribution is 7.93. The van der Waals surface area contributed by atoms with Crippen molar-refractivity contribution in [1.82, 2.24) is 0 Å². The van der Waals surface area contributed by atoms with Crippen LogP contribution in [0.2, 0.25) is 0 Å². The summed E-state index contributed by atoms with van der Waals surface area (Å²) in [5.74, 6) is -1.22. The highest BCUT2D eigenvalue weighted by Crippen LogP contribution is 2.35. The minimum atomic E-state index is -4.09. The Labute approximate surface area is 164 Å². The zero-order valence-electron chi connectivity index (χ0n) is 15.6. The van der Waals surface area contributed by atoms with Gasteiger partial charge in [0.25, 0.3) is 10.0 Å². The number of aryl methyl sites for hydroxylation is 1. The third-order valence-electron chi connectivity index (χ3n) is 4.51. The quantitative estimate of drug-likeness (QED) is 0.674. The van der Waals surface area contributed by atoms with Crippen LogP contribution in [0.1, 0.15) is 12.5 Å². The molecule has 0 saturated carbocycles. The number of sulfonamides is 1. The molecule has 0 heterocycles. The predicted octanol–water partition coefficient (Wildman–Crippen LogP) is 4.33. The maximum absolute atomic E-state index is 13.4. The van der Waals surface area contributed by atoms with Gasteiger partial charge in [-0.05, 0) is 37.6 Å². The maximum Gasteiger partial charge on any atom is 0.327 e. The topological polar surface area (TPSA) is 74.7 Å². The van der Waals surface area contributed by atoms with Gasteiger partial charge in [-0.1, -0.05) is 66.2 Å². The van der Waals surface area contributed by atoms with Crippen LogP contribution in [0.4, 0.5) is 5.69 Å². The lowest BCUT2D eigenvalue weighted by molar-refractivity contribution is -0.137. The number of rotatable bonds is 6. The average molecular weight is 395 g/mol. The number of aliphatic carboxylic acids is 1. The number of carbonyl (C=O) groups is 1. The summed E-state index contributed by atoms with van der Waals surface area (Å²) >= 11 is 0. The molecule has 0 aromatic heterocycles. The molecule has 6 heteroatoms. The van der Waals surface area contributed by atoms with E-state index < -0.39 is 22.0 Å². The van der Waals surface area contributed by atoms with Gasteiger partial charge in [-0.3, -0.25) is 4.31 Å². The van der Waals surface area contributed by atoms with Crippen molar-refractivity contribution in [3.05, 3.63) is 84.4 Å². The van der Waals surface area contributed by atoms with Crippen LogP contribution < -0.4 is 4.31 Å². The first-order valence-electron chi connectivity index (χ1n) is 8.80. The van der Waals surface area contributed by atoms with Crippen molar-refractivity contribution >= 4 is 21.7 Å². The Morgan fingerprint density at radius 3 is 2.07 bits per heavy atom. The lowest BCUT2D eigenvalue weighted by Crippen LogP contribution is -2.43. The van der Waals surface area contributed by atoms with Gasteiger partial charge >= 0.3 is 5.97 Å². The molecule has 3 aromatic carbocycles. The van der Waals surface area contributed by atoms with Crippen molar-refractivity contribution in [1.29, 1.82) is 0 Å². The van der Waals surface area contributed by atoms with Crippen molar-refractivity contribution < 1.29 is 18.3 Å². The molecule has 144 valence electrons. The van der Waals surface area contributed by atoms with Gasteiger partial charge in [-0.15, -0.1) is 0 Å². The fraction of sp³-hybridized carbons (Fsp3) is 0.136. The van der Waals surface area contributed by atoms with Gasteiger partial charge in [0.15, 0.2) is 0 Å². The van der Waals surface area contributed by atoms with Crippen molar-refractivity contribution in [3.63, 3.8) is 0 Å². The molecule has 0 amide bonds. The lowest BCUT2D eigenvalue weighted by Gasteiger charge is -2.30. The lowest BCUT2D eigenvalue weighted by atomic mass is 10.0. The standard InChI is InChI=1S/C22H21NO4S/c1-16-12-14-19(15-13-16)28(26,27)23(17(2)22(24)25)21-11-7-6-10-20(21)18-8-4-3-5-9-18/h3-15,17H,1-2H3,(H,24,25)/t17-/m1/s1. The van der Waals surface area contributed by atoms with Crippen LogP contribution in [-0.4, -0.2) is 25.5 Å². The fourth-order valence-corrected chi connectivity index (χ4v) is 4.63. The van der Waals surface area contributed by atoms with Gasteiger partial charge in [-0.2, -0.15) is 0 Å². The Morgan fingerprint density at radius 2 is 1.46 bits per heavy atom. The molecule has 5 nitrogen and oxygen atoms in total. The van der Waals surface area contributed by atoms with E-state index in [9.17, 15) is 18.3 Å². The van der Waals surface area contributed by atoms with Gasteiger partial charge in [0.05, 0.1) is 10.6 Å². The Hall–Kier alpha value is -3.12. The zero-order chi connectivity index (χ0) is 20.3. The predicted molar refractivity (Wildman–Crippen MR) is 110 cm³/mol. The minimum Gasteiger partial charge on any atom is -0.480 e. The van der Waals surface area contributed by atoms with Gasteiger partial charge in [0, 0.05) is 5.56 Å². The Morgan fingerprint density at radius 1 is 0.893 bits per heavy atom. The molecular formula is C22H21NO4S. The molecule has 0 fully saturated rings. The first kappa shape index (κ1) is 19.6. The normalized spacial score (nSPS) is 12.4. The van der Waals surface area contributed by atoms with Crippen LogP contribution in [0, 0.1) is 6.92 Å². The summed E-state index contributed by atoms with van der Waals surface area (Å²) in [5.41, 5.74) is 2.69. The molecule has 3 aromatic rings. The van der Waals surface area contributed by atoms with E-state index in [1.54, 1.807) is 36.4 Å². The number of para-hydroxylation sites is 1. The van der Waals surface area contributed by atoms with Gasteiger partial charge in [-0.25, -0.2) is 13.2 Å². The van der Waals surface area contributed by atoms with Crippen molar-refractivity contribution in [2.75, 3.05) is 4.31 Å². The van der Waals surface area contributed by atoms with Gasteiger partial charge in [0.1, 0.15) is 6.04 Å². The van der Waals surface area contributed by atoms with Crippen molar-refractivity contribution in [2.45, 2.75) is 24.8 Å². The number of anilines is 1. The van der Waals surface area contributed by atoms with E-state index in [1.165, 1.54) is 19.1 Å². The molecule has 0 bridgehead atoms. The second kappa shape index (κ2) is 7.86. The molecule has 28 heavy (non-hydrogen) atoms. The van der Waals surface area contributed by atoms with E-state index in [-0.39, 0.29) is 4.90 Å². The number of carboxylic acids is 1. The molecule has 3 rings (SSSR count). The summed E-state index contributed by atoms with van der Waals surface area (Å²) in [7, 11) is -4.09. The summed E-state index contributed by atoms with van der Waals surface area (Å²) in [6, 6.07) is 21.3. The van der Waals surface area contributed by atoms with E-state index in [4.69, 9.17) is 0 Å². The summed E-state index contributed by atoms with van der Waals surface area (Å²) in [6.45, 7) is 3.23. The van der Waals surface area contributed by atoms with Crippen LogP contribution >= 0.6 is 0 Å². The highest BCUT2D eigenvalue weighted by atomic mass is 32.2. The SMILES string of the molecule is Cc1ccc(S(=O)(=O)N(c2ccccc2-c2ccccc2)[C@H](C)C(=O)O)cc1. The van der Waals surface area contributed by atoms with Crippen LogP contribution in [-0.2, 0) is 14.8 Å². The minimum absolute atomic E-state index is 0.0501. The number of hydrogen-bond acceptors (Lipinski definition) is 3. The van der Waals surface area contributed by atoms with E-state index >= 15 is 0 Å². The maximum atomic E-state index is 13.4. The summed E-state index contributed by atoms with van der Waals surface area (Å²) in [4.78, 5) is 11.8. The molecule has 1 N–H and O–H groups in total.